The molecule has 0 radical (unpaired) electrons. The van der Waals surface area contributed by atoms with Crippen LogP contribution in [0.3, 0.4) is 0 Å². The van der Waals surface area contributed by atoms with Gasteiger partial charge in [0, 0.05) is 74.7 Å². The van der Waals surface area contributed by atoms with Gasteiger partial charge in [-0.3, -0.25) is 9.59 Å². The van der Waals surface area contributed by atoms with E-state index in [9.17, 15) is 14.4 Å². The van der Waals surface area contributed by atoms with Crippen molar-refractivity contribution in [3.05, 3.63) is 71.4 Å². The van der Waals surface area contributed by atoms with Gasteiger partial charge in [0.05, 0.1) is 5.92 Å². The van der Waals surface area contributed by atoms with Crippen molar-refractivity contribution >= 4 is 28.7 Å². The Hall–Kier alpha value is -3.85. The third-order valence-corrected chi connectivity index (χ3v) is 9.42. The van der Waals surface area contributed by atoms with Crippen molar-refractivity contribution in [2.45, 2.75) is 68.9 Å². The Morgan fingerprint density at radius 1 is 1.07 bits per heavy atom. The normalized spacial score (nSPS) is 19.1. The zero-order chi connectivity index (χ0) is 31.1. The second-order valence-corrected chi connectivity index (χ2v) is 13.5. The van der Waals surface area contributed by atoms with Gasteiger partial charge in [0.2, 0.25) is 11.8 Å². The molecule has 9 nitrogen and oxygen atoms in total. The number of nitrogens with one attached hydrogen (secondary N) is 2. The molecular formula is C34H46N6O3. The first-order valence-electron chi connectivity index (χ1n) is 15.3. The molecule has 5 rings (SSSR count). The number of nitrogens with zero attached hydrogens (tertiary/aromatic N) is 3. The van der Waals surface area contributed by atoms with Crippen molar-refractivity contribution in [3.8, 4) is 0 Å². The van der Waals surface area contributed by atoms with Gasteiger partial charge in [-0.25, -0.2) is 4.79 Å². The van der Waals surface area contributed by atoms with Crippen molar-refractivity contribution in [1.82, 2.24) is 25.0 Å². The fourth-order valence-corrected chi connectivity index (χ4v) is 7.23. The van der Waals surface area contributed by atoms with Gasteiger partial charge in [-0.05, 0) is 55.9 Å². The number of urea groups is 1. The summed E-state index contributed by atoms with van der Waals surface area (Å²) in [4.78, 5) is 49.3. The third kappa shape index (κ3) is 6.00. The van der Waals surface area contributed by atoms with Gasteiger partial charge < -0.3 is 30.7 Å². The Balaban J connectivity index is 1.39. The second kappa shape index (κ2) is 11.7. The van der Waals surface area contributed by atoms with Crippen LogP contribution in [0.4, 0.5) is 4.79 Å². The molecule has 1 spiro atoms. The Labute approximate surface area is 254 Å². The molecule has 1 fully saturated rings. The number of hydrogen-bond donors (Lipinski definition) is 3. The number of aromatic amines is 1. The molecule has 1 aromatic heterocycles. The molecule has 2 heterocycles. The third-order valence-electron chi connectivity index (χ3n) is 9.42. The number of amides is 4. The standard InChI is InChI=1S/C34H46N6O3/c1-22(26-20-36-28-14-10-8-12-24(26)28)29(37-32(43)39(6)21-33(2,3)35)31(42)40-17-15-34(16-18-40)19-25(30(41)38(4)5)23-11-7-9-13-27(23)34/h7-14,20,22,25,29,36H,15-19,21,35H2,1-6H3,(H,37,43)/t22-,25-,29-/m1/s1. The van der Waals surface area contributed by atoms with Crippen LogP contribution in [0.2, 0.25) is 0 Å². The summed E-state index contributed by atoms with van der Waals surface area (Å²) in [7, 11) is 5.33. The lowest BCUT2D eigenvalue weighted by Gasteiger charge is -2.42. The Morgan fingerprint density at radius 3 is 2.40 bits per heavy atom. The first kappa shape index (κ1) is 30.6. The van der Waals surface area contributed by atoms with Crippen LogP contribution < -0.4 is 11.1 Å². The van der Waals surface area contributed by atoms with Crippen LogP contribution in [-0.2, 0) is 15.0 Å². The molecule has 2 aromatic carbocycles. The number of fused-ring (bicyclic) bond motifs is 3. The maximum atomic E-state index is 14.3. The van der Waals surface area contributed by atoms with E-state index in [-0.39, 0.29) is 35.1 Å². The highest BCUT2D eigenvalue weighted by Gasteiger charge is 2.49. The average Bonchev–Trinajstić information content (AvgIpc) is 3.54. The first-order chi connectivity index (χ1) is 20.3. The second-order valence-electron chi connectivity index (χ2n) is 13.5. The minimum Gasteiger partial charge on any atom is -0.361 e. The molecule has 1 aliphatic carbocycles. The van der Waals surface area contributed by atoms with Gasteiger partial charge in [0.1, 0.15) is 6.04 Å². The number of benzene rings is 2. The monoisotopic (exact) mass is 586 g/mol. The summed E-state index contributed by atoms with van der Waals surface area (Å²) < 4.78 is 0. The van der Waals surface area contributed by atoms with Crippen LogP contribution in [0.15, 0.2) is 54.7 Å². The number of carbonyl (C=O) groups is 3. The Morgan fingerprint density at radius 2 is 1.72 bits per heavy atom. The average molecular weight is 587 g/mol. The summed E-state index contributed by atoms with van der Waals surface area (Å²) in [5.74, 6) is -0.404. The van der Waals surface area contributed by atoms with Crippen LogP contribution >= 0.6 is 0 Å². The molecule has 1 saturated heterocycles. The van der Waals surface area contributed by atoms with Crippen LogP contribution in [0, 0.1) is 0 Å². The van der Waals surface area contributed by atoms with E-state index in [4.69, 9.17) is 5.73 Å². The minimum absolute atomic E-state index is 0.0893. The molecule has 43 heavy (non-hydrogen) atoms. The molecule has 4 N–H and O–H groups in total. The molecule has 230 valence electrons. The summed E-state index contributed by atoms with van der Waals surface area (Å²) in [6, 6.07) is 15.2. The van der Waals surface area contributed by atoms with E-state index >= 15 is 0 Å². The number of aromatic nitrogens is 1. The van der Waals surface area contributed by atoms with Gasteiger partial charge in [-0.15, -0.1) is 0 Å². The van der Waals surface area contributed by atoms with Crippen molar-refractivity contribution in [2.24, 2.45) is 5.73 Å². The van der Waals surface area contributed by atoms with Crippen LogP contribution in [-0.4, -0.2) is 89.9 Å². The highest BCUT2D eigenvalue weighted by Crippen LogP contribution is 2.52. The smallest absolute Gasteiger partial charge is 0.317 e. The maximum absolute atomic E-state index is 14.3. The van der Waals surface area contributed by atoms with Crippen molar-refractivity contribution in [3.63, 3.8) is 0 Å². The topological polar surface area (TPSA) is 115 Å². The fourth-order valence-electron chi connectivity index (χ4n) is 7.23. The zero-order valence-corrected chi connectivity index (χ0v) is 26.3. The van der Waals surface area contributed by atoms with E-state index < -0.39 is 11.6 Å². The summed E-state index contributed by atoms with van der Waals surface area (Å²) in [5, 5.41) is 4.11. The molecular weight excluding hydrogens is 540 g/mol. The van der Waals surface area contributed by atoms with E-state index in [2.05, 4.69) is 22.4 Å². The van der Waals surface area contributed by atoms with E-state index in [1.165, 1.54) is 5.56 Å². The molecule has 2 aliphatic rings. The largest absolute Gasteiger partial charge is 0.361 e. The minimum atomic E-state index is -0.761. The number of H-pyrrole nitrogens is 1. The summed E-state index contributed by atoms with van der Waals surface area (Å²) >= 11 is 0. The van der Waals surface area contributed by atoms with Gasteiger partial charge in [-0.2, -0.15) is 0 Å². The van der Waals surface area contributed by atoms with Gasteiger partial charge >= 0.3 is 6.03 Å². The Bertz CT molecular complexity index is 1500. The van der Waals surface area contributed by atoms with E-state index in [0.29, 0.717) is 19.6 Å². The number of nitrogens with two attached hydrogens (primary N) is 1. The lowest BCUT2D eigenvalue weighted by Crippen LogP contribution is -2.57. The lowest BCUT2D eigenvalue weighted by atomic mass is 9.73. The first-order valence-corrected chi connectivity index (χ1v) is 15.3. The van der Waals surface area contributed by atoms with Crippen LogP contribution in [0.5, 0.6) is 0 Å². The molecule has 9 heteroatoms. The van der Waals surface area contributed by atoms with E-state index in [1.807, 2.05) is 82.4 Å². The van der Waals surface area contributed by atoms with Gasteiger partial charge in [0.15, 0.2) is 0 Å². The SMILES string of the molecule is C[C@H](c1c[nH]c2ccccc12)[C@@H](NC(=O)N(C)CC(C)(C)N)C(=O)N1CCC2(CC1)C[C@@H](C(=O)N(C)C)c1ccccc12. The molecule has 0 unspecified atom stereocenters. The van der Waals surface area contributed by atoms with Gasteiger partial charge in [-0.1, -0.05) is 49.4 Å². The molecule has 1 aliphatic heterocycles. The fraction of sp³-hybridized carbons (Fsp3) is 0.500. The predicted molar refractivity (Wildman–Crippen MR) is 170 cm³/mol. The van der Waals surface area contributed by atoms with E-state index in [0.717, 1.165) is 41.3 Å². The number of piperidine rings is 1. The number of hydrogen-bond acceptors (Lipinski definition) is 4. The van der Waals surface area contributed by atoms with Gasteiger partial charge in [0.25, 0.3) is 0 Å². The summed E-state index contributed by atoms with van der Waals surface area (Å²) in [6.45, 7) is 7.22. The molecule has 3 atom stereocenters. The number of likely N-dealkylation sites (tertiary alicyclic amines) is 1. The Kier molecular flexibility index (Phi) is 8.31. The number of carbonyl (C=O) groups excluding carboxylic acids is 3. The zero-order valence-electron chi connectivity index (χ0n) is 26.3. The lowest BCUT2D eigenvalue weighted by molar-refractivity contribution is -0.136. The quantitative estimate of drug-likeness (QED) is 0.386. The number of rotatable bonds is 7. The van der Waals surface area contributed by atoms with Crippen molar-refractivity contribution < 1.29 is 14.4 Å². The molecule has 4 amide bonds. The highest BCUT2D eigenvalue weighted by atomic mass is 16.2. The molecule has 3 aromatic rings. The number of para-hydroxylation sites is 1. The highest BCUT2D eigenvalue weighted by molar-refractivity contribution is 5.90. The predicted octanol–water partition coefficient (Wildman–Crippen LogP) is 4.15. The molecule has 0 bridgehead atoms. The van der Waals surface area contributed by atoms with E-state index in [1.54, 1.807) is 16.8 Å². The van der Waals surface area contributed by atoms with Crippen molar-refractivity contribution in [1.29, 1.82) is 0 Å². The molecule has 0 saturated carbocycles. The van der Waals surface area contributed by atoms with Crippen LogP contribution in [0.1, 0.15) is 68.6 Å². The van der Waals surface area contributed by atoms with Crippen molar-refractivity contribution in [2.75, 3.05) is 40.8 Å². The summed E-state index contributed by atoms with van der Waals surface area (Å²) in [5.41, 5.74) is 9.81. The number of likely N-dealkylation sites (N-methyl/N-ethyl adjacent to an activating group) is 2. The van der Waals surface area contributed by atoms with Crippen LogP contribution in [0.25, 0.3) is 10.9 Å². The summed E-state index contributed by atoms with van der Waals surface area (Å²) in [6.07, 6.45) is 4.25. The maximum Gasteiger partial charge on any atom is 0.317 e.